The summed E-state index contributed by atoms with van der Waals surface area (Å²) in [6.45, 7) is 2.03. The Hall–Kier alpha value is -0.680. The summed E-state index contributed by atoms with van der Waals surface area (Å²) in [6.07, 6.45) is -0.578. The minimum Gasteiger partial charge on any atom is -0.384 e. The largest absolute Gasteiger partial charge is 0.384 e. The number of halogens is 2. The van der Waals surface area contributed by atoms with E-state index in [9.17, 15) is 5.11 Å². The molecule has 3 aromatic rings. The van der Waals surface area contributed by atoms with E-state index in [2.05, 4.69) is 56.1 Å². The number of hydrogen-bond donors (Lipinski definition) is 1. The number of aliphatic hydroxyl groups is 1. The molecule has 0 saturated heterocycles. The second-order valence-electron chi connectivity index (χ2n) is 4.72. The Morgan fingerprint density at radius 2 is 1.70 bits per heavy atom. The van der Waals surface area contributed by atoms with Crippen molar-refractivity contribution in [1.82, 2.24) is 0 Å². The fourth-order valence-corrected chi connectivity index (χ4v) is 4.44. The van der Waals surface area contributed by atoms with E-state index >= 15 is 0 Å². The highest BCUT2D eigenvalue weighted by atomic mass is 79.9. The number of fused-ring (bicyclic) bond motifs is 1. The van der Waals surface area contributed by atoms with E-state index in [4.69, 9.17) is 0 Å². The van der Waals surface area contributed by atoms with Gasteiger partial charge in [0, 0.05) is 9.35 Å². The summed E-state index contributed by atoms with van der Waals surface area (Å²) in [7, 11) is 0. The van der Waals surface area contributed by atoms with Gasteiger partial charge in [-0.1, -0.05) is 34.1 Å². The van der Waals surface area contributed by atoms with Gasteiger partial charge in [-0.3, -0.25) is 0 Å². The lowest BCUT2D eigenvalue weighted by molar-refractivity contribution is 0.220. The Labute approximate surface area is 138 Å². The van der Waals surface area contributed by atoms with E-state index < -0.39 is 6.10 Å². The van der Waals surface area contributed by atoms with Crippen LogP contribution < -0.4 is 0 Å². The number of rotatable bonds is 2. The van der Waals surface area contributed by atoms with Gasteiger partial charge >= 0.3 is 0 Å². The Bertz CT molecular complexity index is 779. The molecule has 0 bridgehead atoms. The molecule has 3 rings (SSSR count). The molecule has 0 aliphatic heterocycles. The molecule has 102 valence electrons. The van der Waals surface area contributed by atoms with Gasteiger partial charge < -0.3 is 5.11 Å². The molecule has 0 saturated carbocycles. The van der Waals surface area contributed by atoms with Crippen molar-refractivity contribution in [3.8, 4) is 0 Å². The van der Waals surface area contributed by atoms with Crippen molar-refractivity contribution in [3.05, 3.63) is 66.7 Å². The molecule has 1 unspecified atom stereocenters. The number of aryl methyl sites for hydroxylation is 1. The van der Waals surface area contributed by atoms with Gasteiger partial charge in [0.2, 0.25) is 0 Å². The van der Waals surface area contributed by atoms with Gasteiger partial charge in [0.25, 0.3) is 0 Å². The maximum absolute atomic E-state index is 10.6. The first kappa shape index (κ1) is 14.3. The SMILES string of the molecule is Cc1sc(Br)cc1C(O)c1ccc2cc(Br)ccc2c1. The molecule has 0 amide bonds. The third kappa shape index (κ3) is 2.70. The second kappa shape index (κ2) is 5.60. The third-order valence-electron chi connectivity index (χ3n) is 3.36. The van der Waals surface area contributed by atoms with Gasteiger partial charge in [0.15, 0.2) is 0 Å². The predicted molar refractivity (Wildman–Crippen MR) is 92.5 cm³/mol. The van der Waals surface area contributed by atoms with Crippen LogP contribution in [0.5, 0.6) is 0 Å². The first-order valence-corrected chi connectivity index (χ1v) is 8.58. The van der Waals surface area contributed by atoms with E-state index in [0.717, 1.165) is 29.6 Å². The number of aliphatic hydroxyl groups excluding tert-OH is 1. The molecular weight excluding hydrogens is 400 g/mol. The van der Waals surface area contributed by atoms with Crippen molar-refractivity contribution in [2.75, 3.05) is 0 Å². The van der Waals surface area contributed by atoms with Crippen molar-refractivity contribution < 1.29 is 5.11 Å². The van der Waals surface area contributed by atoms with Gasteiger partial charge in [0.1, 0.15) is 6.10 Å². The van der Waals surface area contributed by atoms with Crippen LogP contribution in [0.25, 0.3) is 10.8 Å². The Morgan fingerprint density at radius 1 is 1.00 bits per heavy atom. The standard InChI is InChI=1S/C16H12Br2OS/c1-9-14(8-15(18)20-9)16(19)12-3-2-11-7-13(17)5-4-10(11)6-12/h2-8,16,19H,1H3. The van der Waals surface area contributed by atoms with Crippen molar-refractivity contribution in [2.45, 2.75) is 13.0 Å². The number of hydrogen-bond acceptors (Lipinski definition) is 2. The van der Waals surface area contributed by atoms with Gasteiger partial charge in [-0.25, -0.2) is 0 Å². The normalized spacial score (nSPS) is 12.8. The van der Waals surface area contributed by atoms with Crippen LogP contribution in [-0.2, 0) is 0 Å². The van der Waals surface area contributed by atoms with Crippen LogP contribution >= 0.6 is 43.2 Å². The van der Waals surface area contributed by atoms with Crippen LogP contribution in [-0.4, -0.2) is 5.11 Å². The average Bonchev–Trinajstić information content (AvgIpc) is 2.76. The fourth-order valence-electron chi connectivity index (χ4n) is 2.31. The molecule has 1 aromatic heterocycles. The highest BCUT2D eigenvalue weighted by Gasteiger charge is 2.15. The molecule has 1 nitrogen and oxygen atoms in total. The first-order chi connectivity index (χ1) is 9.54. The van der Waals surface area contributed by atoms with Gasteiger partial charge in [-0.15, -0.1) is 11.3 Å². The highest BCUT2D eigenvalue weighted by molar-refractivity contribution is 9.11. The number of thiophene rings is 1. The van der Waals surface area contributed by atoms with Gasteiger partial charge in [0.05, 0.1) is 3.79 Å². The minimum atomic E-state index is -0.578. The van der Waals surface area contributed by atoms with Crippen molar-refractivity contribution in [3.63, 3.8) is 0 Å². The summed E-state index contributed by atoms with van der Waals surface area (Å²) in [5, 5.41) is 12.9. The second-order valence-corrected chi connectivity index (χ2v) is 8.27. The van der Waals surface area contributed by atoms with Crippen LogP contribution in [0.2, 0.25) is 0 Å². The van der Waals surface area contributed by atoms with Crippen LogP contribution in [0, 0.1) is 6.92 Å². The quantitative estimate of drug-likeness (QED) is 0.563. The van der Waals surface area contributed by atoms with Crippen molar-refractivity contribution in [1.29, 1.82) is 0 Å². The molecule has 0 radical (unpaired) electrons. The van der Waals surface area contributed by atoms with Crippen LogP contribution in [0.3, 0.4) is 0 Å². The fraction of sp³-hybridized carbons (Fsp3) is 0.125. The summed E-state index contributed by atoms with van der Waals surface area (Å²) in [5.41, 5.74) is 1.89. The molecule has 4 heteroatoms. The van der Waals surface area contributed by atoms with E-state index in [1.807, 2.05) is 25.1 Å². The maximum Gasteiger partial charge on any atom is 0.105 e. The van der Waals surface area contributed by atoms with Crippen molar-refractivity contribution >= 4 is 54.0 Å². The Morgan fingerprint density at radius 3 is 2.40 bits per heavy atom. The number of benzene rings is 2. The maximum atomic E-state index is 10.6. The highest BCUT2D eigenvalue weighted by Crippen LogP contribution is 2.34. The molecule has 2 aromatic carbocycles. The van der Waals surface area contributed by atoms with E-state index in [0.29, 0.717) is 0 Å². The minimum absolute atomic E-state index is 0.578. The molecule has 1 N–H and O–H groups in total. The predicted octanol–water partition coefficient (Wildman–Crippen LogP) is 5.82. The topological polar surface area (TPSA) is 20.2 Å². The summed E-state index contributed by atoms with van der Waals surface area (Å²) >= 11 is 8.60. The zero-order valence-electron chi connectivity index (χ0n) is 10.7. The molecule has 20 heavy (non-hydrogen) atoms. The third-order valence-corrected chi connectivity index (χ3v) is 5.43. The van der Waals surface area contributed by atoms with E-state index in [1.54, 1.807) is 11.3 Å². The Kier molecular flexibility index (Phi) is 4.00. The zero-order chi connectivity index (χ0) is 14.3. The summed E-state index contributed by atoms with van der Waals surface area (Å²) in [6, 6.07) is 14.3. The molecule has 0 fully saturated rings. The molecular formula is C16H12Br2OS. The molecule has 1 atom stereocenters. The Balaban J connectivity index is 2.05. The summed E-state index contributed by atoms with van der Waals surface area (Å²) in [4.78, 5) is 1.14. The van der Waals surface area contributed by atoms with E-state index in [1.165, 1.54) is 5.39 Å². The average molecular weight is 412 g/mol. The lowest BCUT2D eigenvalue weighted by atomic mass is 9.99. The van der Waals surface area contributed by atoms with Gasteiger partial charge in [-0.2, -0.15) is 0 Å². The lowest BCUT2D eigenvalue weighted by Crippen LogP contribution is -1.99. The monoisotopic (exact) mass is 410 g/mol. The van der Waals surface area contributed by atoms with Crippen LogP contribution in [0.15, 0.2) is 50.7 Å². The molecule has 0 spiro atoms. The molecule has 1 heterocycles. The van der Waals surface area contributed by atoms with Crippen molar-refractivity contribution in [2.24, 2.45) is 0 Å². The van der Waals surface area contributed by atoms with Gasteiger partial charge in [-0.05, 0) is 69.0 Å². The summed E-state index contributed by atoms with van der Waals surface area (Å²) < 4.78 is 2.12. The smallest absolute Gasteiger partial charge is 0.105 e. The van der Waals surface area contributed by atoms with E-state index in [-0.39, 0.29) is 0 Å². The lowest BCUT2D eigenvalue weighted by Gasteiger charge is -2.12. The molecule has 0 aliphatic rings. The van der Waals surface area contributed by atoms with Crippen LogP contribution in [0.1, 0.15) is 22.1 Å². The van der Waals surface area contributed by atoms with Crippen LogP contribution in [0.4, 0.5) is 0 Å². The first-order valence-electron chi connectivity index (χ1n) is 6.18. The molecule has 0 aliphatic carbocycles. The zero-order valence-corrected chi connectivity index (χ0v) is 14.7. The summed E-state index contributed by atoms with van der Waals surface area (Å²) in [5.74, 6) is 0.